The molecule has 1 aliphatic carbocycles. The standard InChI is InChI=1S/C20H23N/c1-21-12-10-20(11-13-21)15-18-8-3-2-6-16(18)14-17-7-4-5-9-19(17)20/h2-9H,10-15H2,1H3. The highest BCUT2D eigenvalue weighted by Crippen LogP contribution is 2.43. The average Bonchev–Trinajstić information content (AvgIpc) is 2.65. The second-order valence-electron chi connectivity index (χ2n) is 6.86. The van der Waals surface area contributed by atoms with Crippen molar-refractivity contribution in [3.05, 3.63) is 70.8 Å². The van der Waals surface area contributed by atoms with Gasteiger partial charge in [0.1, 0.15) is 0 Å². The zero-order chi connectivity index (χ0) is 14.3. The molecule has 0 N–H and O–H groups in total. The Bertz CT molecular complexity index is 650. The SMILES string of the molecule is CN1CCC2(CC1)Cc1ccccc1Cc1ccccc12. The molecule has 2 aromatic rings. The van der Waals surface area contributed by atoms with Crippen molar-refractivity contribution in [3.63, 3.8) is 0 Å². The summed E-state index contributed by atoms with van der Waals surface area (Å²) in [7, 11) is 2.25. The molecule has 1 heteroatoms. The molecule has 0 saturated carbocycles. The van der Waals surface area contributed by atoms with Gasteiger partial charge in [0.25, 0.3) is 0 Å². The minimum atomic E-state index is 0.357. The minimum absolute atomic E-state index is 0.357. The zero-order valence-electron chi connectivity index (χ0n) is 12.8. The molecule has 0 amide bonds. The number of benzene rings is 2. The Kier molecular flexibility index (Phi) is 3.11. The molecule has 2 aliphatic rings. The first-order chi connectivity index (χ1) is 10.3. The van der Waals surface area contributed by atoms with Crippen molar-refractivity contribution < 1.29 is 0 Å². The maximum atomic E-state index is 2.48. The molecule has 0 bridgehead atoms. The van der Waals surface area contributed by atoms with Crippen LogP contribution in [0.25, 0.3) is 0 Å². The van der Waals surface area contributed by atoms with E-state index in [0.717, 1.165) is 6.42 Å². The Hall–Kier alpha value is -1.60. The molecule has 0 radical (unpaired) electrons. The van der Waals surface area contributed by atoms with Crippen LogP contribution in [0.1, 0.15) is 35.1 Å². The third kappa shape index (κ3) is 2.20. The summed E-state index contributed by atoms with van der Waals surface area (Å²) in [6.07, 6.45) is 4.89. The summed E-state index contributed by atoms with van der Waals surface area (Å²) < 4.78 is 0. The Morgan fingerprint density at radius 1 is 0.810 bits per heavy atom. The van der Waals surface area contributed by atoms with Gasteiger partial charge in [-0.05, 0) is 68.1 Å². The van der Waals surface area contributed by atoms with Gasteiger partial charge in [-0.2, -0.15) is 0 Å². The van der Waals surface area contributed by atoms with E-state index in [1.165, 1.54) is 37.9 Å². The van der Waals surface area contributed by atoms with Crippen LogP contribution >= 0.6 is 0 Å². The predicted molar refractivity (Wildman–Crippen MR) is 87.8 cm³/mol. The molecule has 0 atom stereocenters. The van der Waals surface area contributed by atoms with E-state index < -0.39 is 0 Å². The first kappa shape index (κ1) is 13.1. The van der Waals surface area contributed by atoms with Crippen LogP contribution in [-0.4, -0.2) is 25.0 Å². The van der Waals surface area contributed by atoms with E-state index in [1.807, 2.05) is 0 Å². The summed E-state index contributed by atoms with van der Waals surface area (Å²) in [6, 6.07) is 18.2. The molecule has 1 spiro atoms. The van der Waals surface area contributed by atoms with Gasteiger partial charge < -0.3 is 4.90 Å². The number of rotatable bonds is 0. The highest BCUT2D eigenvalue weighted by molar-refractivity contribution is 5.45. The van der Waals surface area contributed by atoms with Gasteiger partial charge in [-0.1, -0.05) is 48.5 Å². The van der Waals surface area contributed by atoms with Crippen LogP contribution in [0.15, 0.2) is 48.5 Å². The van der Waals surface area contributed by atoms with Crippen molar-refractivity contribution in [2.45, 2.75) is 31.1 Å². The van der Waals surface area contributed by atoms with Gasteiger partial charge in [-0.15, -0.1) is 0 Å². The van der Waals surface area contributed by atoms with E-state index in [1.54, 1.807) is 16.7 Å². The Labute approximate surface area is 127 Å². The molecule has 2 aromatic carbocycles. The summed E-state index contributed by atoms with van der Waals surface area (Å²) in [5.74, 6) is 0. The number of fused-ring (bicyclic) bond motifs is 3. The molecule has 4 rings (SSSR count). The smallest absolute Gasteiger partial charge is 0.00206 e. The Morgan fingerprint density at radius 2 is 1.43 bits per heavy atom. The molecular weight excluding hydrogens is 254 g/mol. The lowest BCUT2D eigenvalue weighted by Crippen LogP contribution is -2.42. The van der Waals surface area contributed by atoms with Gasteiger partial charge in [0.05, 0.1) is 0 Å². The number of likely N-dealkylation sites (tertiary alicyclic amines) is 1. The van der Waals surface area contributed by atoms with E-state index in [0.29, 0.717) is 5.41 Å². The molecule has 1 fully saturated rings. The molecule has 1 heterocycles. The molecule has 0 unspecified atom stereocenters. The van der Waals surface area contributed by atoms with Gasteiger partial charge in [0.2, 0.25) is 0 Å². The number of hydrogen-bond donors (Lipinski definition) is 0. The quantitative estimate of drug-likeness (QED) is 0.708. The average molecular weight is 277 g/mol. The Morgan fingerprint density at radius 3 is 2.19 bits per heavy atom. The lowest BCUT2D eigenvalue weighted by Gasteiger charge is -2.41. The van der Waals surface area contributed by atoms with E-state index in [2.05, 4.69) is 60.5 Å². The highest BCUT2D eigenvalue weighted by atomic mass is 15.1. The van der Waals surface area contributed by atoms with Crippen molar-refractivity contribution in [2.24, 2.45) is 0 Å². The Balaban J connectivity index is 1.86. The van der Waals surface area contributed by atoms with E-state index in [-0.39, 0.29) is 0 Å². The van der Waals surface area contributed by atoms with Crippen molar-refractivity contribution in [1.82, 2.24) is 4.90 Å². The van der Waals surface area contributed by atoms with Gasteiger partial charge in [-0.3, -0.25) is 0 Å². The van der Waals surface area contributed by atoms with Crippen molar-refractivity contribution in [3.8, 4) is 0 Å². The van der Waals surface area contributed by atoms with E-state index in [9.17, 15) is 0 Å². The third-order valence-electron chi connectivity index (χ3n) is 5.56. The number of nitrogens with zero attached hydrogens (tertiary/aromatic N) is 1. The summed E-state index contributed by atoms with van der Waals surface area (Å²) in [5, 5.41) is 0. The largest absolute Gasteiger partial charge is 0.306 e. The molecular formula is C20H23N. The van der Waals surface area contributed by atoms with Crippen LogP contribution in [-0.2, 0) is 18.3 Å². The highest BCUT2D eigenvalue weighted by Gasteiger charge is 2.38. The van der Waals surface area contributed by atoms with Gasteiger partial charge in [0.15, 0.2) is 0 Å². The molecule has 1 aliphatic heterocycles. The lowest BCUT2D eigenvalue weighted by molar-refractivity contribution is 0.186. The number of hydrogen-bond acceptors (Lipinski definition) is 1. The first-order valence-corrected chi connectivity index (χ1v) is 8.11. The molecule has 1 saturated heterocycles. The van der Waals surface area contributed by atoms with Crippen LogP contribution in [0, 0.1) is 0 Å². The summed E-state index contributed by atoms with van der Waals surface area (Å²) in [6.45, 7) is 2.44. The fraction of sp³-hybridized carbons (Fsp3) is 0.400. The normalized spacial score (nSPS) is 20.6. The summed E-state index contributed by atoms with van der Waals surface area (Å²) >= 11 is 0. The summed E-state index contributed by atoms with van der Waals surface area (Å²) in [5.41, 5.74) is 6.62. The van der Waals surface area contributed by atoms with Gasteiger partial charge in [0, 0.05) is 5.41 Å². The van der Waals surface area contributed by atoms with Crippen molar-refractivity contribution in [1.29, 1.82) is 0 Å². The van der Waals surface area contributed by atoms with Crippen molar-refractivity contribution >= 4 is 0 Å². The van der Waals surface area contributed by atoms with Crippen LogP contribution < -0.4 is 0 Å². The van der Waals surface area contributed by atoms with Gasteiger partial charge >= 0.3 is 0 Å². The fourth-order valence-electron chi connectivity index (χ4n) is 4.25. The zero-order valence-corrected chi connectivity index (χ0v) is 12.8. The second kappa shape index (κ2) is 4.99. The van der Waals surface area contributed by atoms with Crippen LogP contribution in [0.2, 0.25) is 0 Å². The van der Waals surface area contributed by atoms with E-state index >= 15 is 0 Å². The summed E-state index contributed by atoms with van der Waals surface area (Å²) in [4.78, 5) is 2.48. The van der Waals surface area contributed by atoms with Crippen molar-refractivity contribution in [2.75, 3.05) is 20.1 Å². The van der Waals surface area contributed by atoms with Crippen LogP contribution in [0.5, 0.6) is 0 Å². The third-order valence-corrected chi connectivity index (χ3v) is 5.56. The fourth-order valence-corrected chi connectivity index (χ4v) is 4.25. The van der Waals surface area contributed by atoms with Gasteiger partial charge in [-0.25, -0.2) is 0 Å². The first-order valence-electron chi connectivity index (χ1n) is 8.11. The molecule has 108 valence electrons. The van der Waals surface area contributed by atoms with Crippen LogP contribution in [0.4, 0.5) is 0 Å². The topological polar surface area (TPSA) is 3.24 Å². The van der Waals surface area contributed by atoms with Crippen LogP contribution in [0.3, 0.4) is 0 Å². The maximum Gasteiger partial charge on any atom is 0.00206 e. The van der Waals surface area contributed by atoms with E-state index in [4.69, 9.17) is 0 Å². The monoisotopic (exact) mass is 277 g/mol. The molecule has 0 aromatic heterocycles. The lowest BCUT2D eigenvalue weighted by atomic mass is 9.69. The second-order valence-corrected chi connectivity index (χ2v) is 6.86. The predicted octanol–water partition coefficient (Wildman–Crippen LogP) is 3.80. The number of piperidine rings is 1. The minimum Gasteiger partial charge on any atom is -0.306 e. The maximum absolute atomic E-state index is 2.48. The molecule has 1 nitrogen and oxygen atoms in total. The molecule has 21 heavy (non-hydrogen) atoms.